The maximum absolute atomic E-state index is 13.0. The Labute approximate surface area is 185 Å². The first-order chi connectivity index (χ1) is 15.3. The van der Waals surface area contributed by atoms with Gasteiger partial charge in [0.05, 0.1) is 17.5 Å². The van der Waals surface area contributed by atoms with E-state index in [2.05, 4.69) is 0 Å². The zero-order chi connectivity index (χ0) is 23.0. The summed E-state index contributed by atoms with van der Waals surface area (Å²) in [6.45, 7) is 5.08. The molecule has 0 N–H and O–H groups in total. The van der Waals surface area contributed by atoms with E-state index in [1.165, 1.54) is 29.2 Å². The van der Waals surface area contributed by atoms with Crippen LogP contribution in [0.3, 0.4) is 0 Å². The molecule has 2 heterocycles. The minimum Gasteiger partial charge on any atom is -0.339 e. The maximum Gasteiger partial charge on any atom is 0.261 e. The first kappa shape index (κ1) is 21.7. The van der Waals surface area contributed by atoms with Crippen molar-refractivity contribution in [1.29, 1.82) is 0 Å². The van der Waals surface area contributed by atoms with Crippen molar-refractivity contribution < 1.29 is 23.6 Å². The van der Waals surface area contributed by atoms with Gasteiger partial charge in [-0.05, 0) is 49.7 Å². The standard InChI is InChI=1S/C24H24FN3O4/c1-15(2)28-23(31)19-8-5-17(14-20(19)24(28)32)22(30)27-11-9-26(10-12-27)21(29)13-16-3-6-18(25)7-4-16/h3-8,14-15H,9-13H2,1-2H3. The normalized spacial score (nSPS) is 16.1. The van der Waals surface area contributed by atoms with Crippen molar-refractivity contribution in [3.05, 3.63) is 70.5 Å². The molecule has 2 aromatic carbocycles. The van der Waals surface area contributed by atoms with E-state index in [1.54, 1.807) is 41.8 Å². The van der Waals surface area contributed by atoms with Crippen LogP contribution >= 0.6 is 0 Å². The molecule has 0 saturated carbocycles. The van der Waals surface area contributed by atoms with E-state index < -0.39 is 0 Å². The van der Waals surface area contributed by atoms with Crippen LogP contribution in [0.5, 0.6) is 0 Å². The van der Waals surface area contributed by atoms with Crippen molar-refractivity contribution in [2.24, 2.45) is 0 Å². The molecule has 4 amide bonds. The third-order valence-corrected chi connectivity index (χ3v) is 5.87. The van der Waals surface area contributed by atoms with Crippen LogP contribution in [0.2, 0.25) is 0 Å². The van der Waals surface area contributed by atoms with E-state index in [-0.39, 0.29) is 47.5 Å². The SMILES string of the molecule is CC(C)N1C(=O)c2ccc(C(=O)N3CCN(C(=O)Cc4ccc(F)cc4)CC3)cc2C1=O. The van der Waals surface area contributed by atoms with Gasteiger partial charge in [0, 0.05) is 37.8 Å². The van der Waals surface area contributed by atoms with Gasteiger partial charge >= 0.3 is 0 Å². The van der Waals surface area contributed by atoms with Gasteiger partial charge in [-0.3, -0.25) is 24.1 Å². The summed E-state index contributed by atoms with van der Waals surface area (Å²) >= 11 is 0. The number of imide groups is 1. The zero-order valence-corrected chi connectivity index (χ0v) is 18.0. The average Bonchev–Trinajstić information content (AvgIpc) is 3.04. The number of fused-ring (bicyclic) bond motifs is 1. The lowest BCUT2D eigenvalue weighted by molar-refractivity contribution is -0.131. The molecule has 1 fully saturated rings. The number of rotatable bonds is 4. The quantitative estimate of drug-likeness (QED) is 0.688. The van der Waals surface area contributed by atoms with Crippen molar-refractivity contribution in [2.75, 3.05) is 26.2 Å². The van der Waals surface area contributed by atoms with Crippen molar-refractivity contribution in [3.63, 3.8) is 0 Å². The molecule has 2 aliphatic heterocycles. The Kier molecular flexibility index (Phi) is 5.78. The molecule has 0 atom stereocenters. The van der Waals surface area contributed by atoms with E-state index in [1.807, 2.05) is 0 Å². The number of benzene rings is 2. The molecule has 8 heteroatoms. The Morgan fingerprint density at radius 3 is 2.09 bits per heavy atom. The number of amides is 4. The van der Waals surface area contributed by atoms with Gasteiger partial charge in [-0.15, -0.1) is 0 Å². The van der Waals surface area contributed by atoms with E-state index >= 15 is 0 Å². The fraction of sp³-hybridized carbons (Fsp3) is 0.333. The molecule has 2 aliphatic rings. The van der Waals surface area contributed by atoms with Crippen molar-refractivity contribution in [1.82, 2.24) is 14.7 Å². The summed E-state index contributed by atoms with van der Waals surface area (Å²) < 4.78 is 13.0. The Morgan fingerprint density at radius 1 is 0.875 bits per heavy atom. The third-order valence-electron chi connectivity index (χ3n) is 5.87. The predicted molar refractivity (Wildman–Crippen MR) is 115 cm³/mol. The number of nitrogens with zero attached hydrogens (tertiary/aromatic N) is 3. The second-order valence-electron chi connectivity index (χ2n) is 8.31. The molecule has 2 aromatic rings. The predicted octanol–water partition coefficient (Wildman–Crippen LogP) is 2.36. The second-order valence-corrected chi connectivity index (χ2v) is 8.31. The van der Waals surface area contributed by atoms with Gasteiger partial charge in [-0.1, -0.05) is 12.1 Å². The van der Waals surface area contributed by atoms with Crippen LogP contribution in [-0.2, 0) is 11.2 Å². The van der Waals surface area contributed by atoms with Gasteiger partial charge in [-0.25, -0.2) is 4.39 Å². The molecule has 4 rings (SSSR count). The molecule has 0 bridgehead atoms. The molecule has 166 valence electrons. The highest BCUT2D eigenvalue weighted by molar-refractivity contribution is 6.22. The molecular weight excluding hydrogens is 413 g/mol. The highest BCUT2D eigenvalue weighted by Crippen LogP contribution is 2.26. The van der Waals surface area contributed by atoms with Crippen molar-refractivity contribution >= 4 is 23.6 Å². The highest BCUT2D eigenvalue weighted by Gasteiger charge is 2.38. The summed E-state index contributed by atoms with van der Waals surface area (Å²) in [5.74, 6) is -1.37. The fourth-order valence-electron chi connectivity index (χ4n) is 4.09. The Morgan fingerprint density at radius 2 is 1.47 bits per heavy atom. The number of carbonyl (C=O) groups is 4. The number of hydrogen-bond donors (Lipinski definition) is 0. The van der Waals surface area contributed by atoms with Gasteiger partial charge in [0.15, 0.2) is 0 Å². The summed E-state index contributed by atoms with van der Waals surface area (Å²) in [5.41, 5.74) is 1.66. The Bertz CT molecular complexity index is 1090. The lowest BCUT2D eigenvalue weighted by Gasteiger charge is -2.35. The number of carbonyl (C=O) groups excluding carboxylic acids is 4. The van der Waals surface area contributed by atoms with E-state index in [0.29, 0.717) is 37.3 Å². The van der Waals surface area contributed by atoms with Crippen LogP contribution in [-0.4, -0.2) is 70.5 Å². The van der Waals surface area contributed by atoms with Crippen molar-refractivity contribution in [3.8, 4) is 0 Å². The topological polar surface area (TPSA) is 78.0 Å². The lowest BCUT2D eigenvalue weighted by Crippen LogP contribution is -2.51. The lowest BCUT2D eigenvalue weighted by atomic mass is 10.0. The van der Waals surface area contributed by atoms with Crippen LogP contribution in [0, 0.1) is 5.82 Å². The minimum absolute atomic E-state index is 0.0703. The molecule has 32 heavy (non-hydrogen) atoms. The minimum atomic E-state index is -0.383. The Hall–Kier alpha value is -3.55. The van der Waals surface area contributed by atoms with Crippen molar-refractivity contribution in [2.45, 2.75) is 26.3 Å². The van der Waals surface area contributed by atoms with E-state index in [4.69, 9.17) is 0 Å². The molecule has 1 saturated heterocycles. The van der Waals surface area contributed by atoms with E-state index in [0.717, 1.165) is 5.56 Å². The van der Waals surface area contributed by atoms with Gasteiger partial charge in [-0.2, -0.15) is 0 Å². The van der Waals surface area contributed by atoms with Crippen LogP contribution in [0.4, 0.5) is 4.39 Å². The van der Waals surface area contributed by atoms with Gasteiger partial charge in [0.2, 0.25) is 5.91 Å². The maximum atomic E-state index is 13.0. The summed E-state index contributed by atoms with van der Waals surface area (Å²) in [7, 11) is 0. The molecule has 0 aliphatic carbocycles. The molecular formula is C24H24FN3O4. The third kappa shape index (κ3) is 4.00. The van der Waals surface area contributed by atoms with E-state index in [9.17, 15) is 23.6 Å². The van der Waals surface area contributed by atoms with Gasteiger partial charge in [0.1, 0.15) is 5.82 Å². The zero-order valence-electron chi connectivity index (χ0n) is 18.0. The smallest absolute Gasteiger partial charge is 0.261 e. The van der Waals surface area contributed by atoms with Crippen LogP contribution in [0.15, 0.2) is 42.5 Å². The average molecular weight is 437 g/mol. The molecule has 0 aromatic heterocycles. The summed E-state index contributed by atoms with van der Waals surface area (Å²) in [5, 5.41) is 0. The summed E-state index contributed by atoms with van der Waals surface area (Å²) in [6.07, 6.45) is 0.182. The van der Waals surface area contributed by atoms with Gasteiger partial charge in [0.25, 0.3) is 17.7 Å². The largest absolute Gasteiger partial charge is 0.339 e. The highest BCUT2D eigenvalue weighted by atomic mass is 19.1. The van der Waals surface area contributed by atoms with Gasteiger partial charge < -0.3 is 9.80 Å². The second kappa shape index (κ2) is 8.53. The fourth-order valence-corrected chi connectivity index (χ4v) is 4.09. The number of halogens is 1. The first-order valence-corrected chi connectivity index (χ1v) is 10.6. The molecule has 7 nitrogen and oxygen atoms in total. The summed E-state index contributed by atoms with van der Waals surface area (Å²) in [4.78, 5) is 55.1. The van der Waals surface area contributed by atoms with Crippen LogP contribution in [0.1, 0.15) is 50.5 Å². The summed E-state index contributed by atoms with van der Waals surface area (Å²) in [6, 6.07) is 10.2. The Balaban J connectivity index is 1.39. The monoisotopic (exact) mass is 437 g/mol. The first-order valence-electron chi connectivity index (χ1n) is 10.6. The molecule has 0 radical (unpaired) electrons. The molecule has 0 spiro atoms. The number of hydrogen-bond acceptors (Lipinski definition) is 4. The number of piperazine rings is 1. The van der Waals surface area contributed by atoms with Crippen LogP contribution in [0.25, 0.3) is 0 Å². The molecule has 0 unspecified atom stereocenters. The van der Waals surface area contributed by atoms with Crippen LogP contribution < -0.4 is 0 Å².